The van der Waals surface area contributed by atoms with Crippen molar-refractivity contribution >= 4 is 45.1 Å². The van der Waals surface area contributed by atoms with E-state index in [0.29, 0.717) is 33.3 Å². The first-order valence-corrected chi connectivity index (χ1v) is 9.01. The minimum atomic E-state index is -0.266. The molecule has 0 saturated heterocycles. The Hall–Kier alpha value is -2.34. The zero-order valence-electron chi connectivity index (χ0n) is 13.8. The molecule has 5 nitrogen and oxygen atoms in total. The van der Waals surface area contributed by atoms with Gasteiger partial charge in [-0.1, -0.05) is 41.4 Å². The molecule has 4 aromatic rings. The average Bonchev–Trinajstić information content (AvgIpc) is 3.00. The molecule has 3 N–H and O–H groups in total. The second-order valence-corrected chi connectivity index (χ2v) is 6.91. The minimum absolute atomic E-state index is 0.266. The van der Waals surface area contributed by atoms with Gasteiger partial charge in [-0.25, -0.2) is 4.98 Å². The maximum Gasteiger partial charge on any atom is 0.275 e. The number of nitrogens with zero attached hydrogens (tertiary/aromatic N) is 2. The molecule has 0 bridgehead atoms. The van der Waals surface area contributed by atoms with Crippen LogP contribution >= 0.6 is 23.2 Å². The number of nitrogens with one attached hydrogen (secondary N) is 1. The molecule has 7 heteroatoms. The first kappa shape index (κ1) is 17.1. The van der Waals surface area contributed by atoms with Crippen molar-refractivity contribution in [2.45, 2.75) is 13.0 Å². The lowest BCUT2D eigenvalue weighted by Crippen LogP contribution is -2.11. The number of H-pyrrole nitrogens is 1. The molecule has 0 amide bonds. The summed E-state index contributed by atoms with van der Waals surface area (Å²) in [6.45, 7) is 1.39. The molecule has 2 heterocycles. The highest BCUT2D eigenvalue weighted by atomic mass is 35.5. The lowest BCUT2D eigenvalue weighted by atomic mass is 10.1. The van der Waals surface area contributed by atoms with E-state index in [2.05, 4.69) is 14.5 Å². The van der Waals surface area contributed by atoms with Gasteiger partial charge < -0.3 is 15.3 Å². The SMILES string of the molecule is NCCCn1cc(-c2nc3cc(Cl)c(Cl)cc3[nH]c2=O)c2ccccc21. The van der Waals surface area contributed by atoms with Crippen LogP contribution in [0.25, 0.3) is 33.2 Å². The van der Waals surface area contributed by atoms with Crippen LogP contribution < -0.4 is 11.3 Å². The number of aryl methyl sites for hydroxylation is 1. The first-order chi connectivity index (χ1) is 12.6. The van der Waals surface area contributed by atoms with Crippen LogP contribution in [0.15, 0.2) is 47.4 Å². The van der Waals surface area contributed by atoms with Crippen molar-refractivity contribution < 1.29 is 0 Å². The number of nitrogens with two attached hydrogens (primary N) is 1. The molecule has 0 atom stereocenters. The normalized spacial score (nSPS) is 11.5. The van der Waals surface area contributed by atoms with Gasteiger partial charge in [-0.2, -0.15) is 0 Å². The van der Waals surface area contributed by atoms with Crippen LogP contribution in [0, 0.1) is 0 Å². The lowest BCUT2D eigenvalue weighted by Gasteiger charge is -2.04. The Labute approximate surface area is 159 Å². The van der Waals surface area contributed by atoms with Crippen LogP contribution in [0.3, 0.4) is 0 Å². The van der Waals surface area contributed by atoms with Crippen LogP contribution in [0.1, 0.15) is 6.42 Å². The van der Waals surface area contributed by atoms with E-state index in [4.69, 9.17) is 28.9 Å². The van der Waals surface area contributed by atoms with Crippen LogP contribution in [-0.2, 0) is 6.54 Å². The molecule has 4 rings (SSSR count). The number of hydrogen-bond donors (Lipinski definition) is 2. The third-order valence-corrected chi connectivity index (χ3v) is 5.10. The molecule has 132 valence electrons. The molecule has 0 unspecified atom stereocenters. The monoisotopic (exact) mass is 386 g/mol. The van der Waals surface area contributed by atoms with E-state index in [1.165, 1.54) is 0 Å². The molecule has 0 radical (unpaired) electrons. The fourth-order valence-electron chi connectivity index (χ4n) is 3.15. The number of aromatic amines is 1. The zero-order valence-corrected chi connectivity index (χ0v) is 15.3. The summed E-state index contributed by atoms with van der Waals surface area (Å²) in [5, 5.41) is 1.75. The van der Waals surface area contributed by atoms with Gasteiger partial charge in [0.2, 0.25) is 0 Å². The van der Waals surface area contributed by atoms with E-state index in [1.54, 1.807) is 12.1 Å². The van der Waals surface area contributed by atoms with E-state index in [9.17, 15) is 4.79 Å². The van der Waals surface area contributed by atoms with E-state index in [-0.39, 0.29) is 5.56 Å². The third kappa shape index (κ3) is 2.88. The van der Waals surface area contributed by atoms with Crippen LogP contribution in [0.2, 0.25) is 10.0 Å². The molecular weight excluding hydrogens is 371 g/mol. The summed E-state index contributed by atoms with van der Waals surface area (Å²) in [6, 6.07) is 11.2. The van der Waals surface area contributed by atoms with E-state index in [0.717, 1.165) is 29.4 Å². The highest BCUT2D eigenvalue weighted by Gasteiger charge is 2.15. The predicted molar refractivity (Wildman–Crippen MR) is 107 cm³/mol. The maximum absolute atomic E-state index is 12.7. The van der Waals surface area contributed by atoms with Gasteiger partial charge in [0.25, 0.3) is 5.56 Å². The largest absolute Gasteiger partial charge is 0.347 e. The third-order valence-electron chi connectivity index (χ3n) is 4.38. The Morgan fingerprint density at radius 1 is 1.15 bits per heavy atom. The summed E-state index contributed by atoms with van der Waals surface area (Å²) in [5.41, 5.74) is 8.72. The number of rotatable bonds is 4. The van der Waals surface area contributed by atoms with Gasteiger partial charge in [0.15, 0.2) is 0 Å². The van der Waals surface area contributed by atoms with Crippen molar-refractivity contribution in [1.29, 1.82) is 0 Å². The Kier molecular flexibility index (Phi) is 4.44. The van der Waals surface area contributed by atoms with Crippen molar-refractivity contribution in [2.75, 3.05) is 6.54 Å². The Morgan fingerprint density at radius 3 is 2.73 bits per heavy atom. The molecule has 0 aliphatic heterocycles. The fraction of sp³-hybridized carbons (Fsp3) is 0.158. The minimum Gasteiger partial charge on any atom is -0.347 e. The molecule has 0 saturated carbocycles. The Balaban J connectivity index is 1.96. The van der Waals surface area contributed by atoms with E-state index < -0.39 is 0 Å². The topological polar surface area (TPSA) is 76.7 Å². The molecule has 2 aromatic carbocycles. The van der Waals surface area contributed by atoms with Crippen molar-refractivity contribution in [2.24, 2.45) is 5.73 Å². The number of hydrogen-bond acceptors (Lipinski definition) is 3. The number of aromatic nitrogens is 3. The summed E-state index contributed by atoms with van der Waals surface area (Å²) in [5.74, 6) is 0. The molecule has 0 aliphatic carbocycles. The molecule has 26 heavy (non-hydrogen) atoms. The molecule has 0 spiro atoms. The number of para-hydroxylation sites is 1. The fourth-order valence-corrected chi connectivity index (χ4v) is 3.47. The number of fused-ring (bicyclic) bond motifs is 2. The quantitative estimate of drug-likeness (QED) is 0.551. The summed E-state index contributed by atoms with van der Waals surface area (Å²) in [7, 11) is 0. The summed E-state index contributed by atoms with van der Waals surface area (Å²) in [4.78, 5) is 20.1. The van der Waals surface area contributed by atoms with Crippen molar-refractivity contribution in [1.82, 2.24) is 14.5 Å². The van der Waals surface area contributed by atoms with E-state index >= 15 is 0 Å². The van der Waals surface area contributed by atoms with Crippen molar-refractivity contribution in [3.05, 3.63) is 63.0 Å². The Bertz CT molecular complexity index is 1180. The van der Waals surface area contributed by atoms with Crippen LogP contribution in [0.4, 0.5) is 0 Å². The number of benzene rings is 2. The van der Waals surface area contributed by atoms with Crippen molar-refractivity contribution in [3.8, 4) is 11.3 Å². The summed E-state index contributed by atoms with van der Waals surface area (Å²) >= 11 is 12.1. The van der Waals surface area contributed by atoms with Gasteiger partial charge in [0.05, 0.1) is 21.1 Å². The van der Waals surface area contributed by atoms with Crippen molar-refractivity contribution in [3.63, 3.8) is 0 Å². The lowest BCUT2D eigenvalue weighted by molar-refractivity contribution is 0.671. The standard InChI is InChI=1S/C19H16Cl2N4O/c20-13-8-15-16(9-14(13)21)24-19(26)18(23-15)12-10-25(7-3-6-22)17-5-2-1-4-11(12)17/h1-2,4-5,8-10H,3,6-7,22H2,(H,24,26). The van der Waals surface area contributed by atoms with Crippen LogP contribution in [-0.4, -0.2) is 21.1 Å². The highest BCUT2D eigenvalue weighted by Crippen LogP contribution is 2.30. The van der Waals surface area contributed by atoms with Gasteiger partial charge in [-0.3, -0.25) is 4.79 Å². The predicted octanol–water partition coefficient (Wildman–Crippen LogP) is 4.20. The van der Waals surface area contributed by atoms with Crippen LogP contribution in [0.5, 0.6) is 0 Å². The van der Waals surface area contributed by atoms with Gasteiger partial charge in [0, 0.05) is 29.2 Å². The van der Waals surface area contributed by atoms with Gasteiger partial charge in [0.1, 0.15) is 5.69 Å². The average molecular weight is 387 g/mol. The van der Waals surface area contributed by atoms with Gasteiger partial charge >= 0.3 is 0 Å². The summed E-state index contributed by atoms with van der Waals surface area (Å²) < 4.78 is 2.11. The molecular formula is C19H16Cl2N4O. The summed E-state index contributed by atoms with van der Waals surface area (Å²) in [6.07, 6.45) is 2.81. The zero-order chi connectivity index (χ0) is 18.3. The number of halogens is 2. The second kappa shape index (κ2) is 6.76. The smallest absolute Gasteiger partial charge is 0.275 e. The van der Waals surface area contributed by atoms with Gasteiger partial charge in [-0.05, 0) is 31.2 Å². The molecule has 0 aliphatic rings. The molecule has 0 fully saturated rings. The maximum atomic E-state index is 12.7. The highest BCUT2D eigenvalue weighted by molar-refractivity contribution is 6.42. The second-order valence-electron chi connectivity index (χ2n) is 6.09. The Morgan fingerprint density at radius 2 is 1.92 bits per heavy atom. The van der Waals surface area contributed by atoms with E-state index in [1.807, 2.05) is 30.5 Å². The molecule has 2 aromatic heterocycles. The first-order valence-electron chi connectivity index (χ1n) is 8.26. The van der Waals surface area contributed by atoms with Gasteiger partial charge in [-0.15, -0.1) is 0 Å².